The summed E-state index contributed by atoms with van der Waals surface area (Å²) in [5.41, 5.74) is 1.12. The van der Waals surface area contributed by atoms with E-state index >= 15 is 0 Å². The molecule has 1 fully saturated rings. The van der Waals surface area contributed by atoms with Gasteiger partial charge in [0.2, 0.25) is 0 Å². The summed E-state index contributed by atoms with van der Waals surface area (Å²) >= 11 is 0. The molecule has 0 radical (unpaired) electrons. The molecule has 6 heteroatoms. The Bertz CT molecular complexity index is 558. The second kappa shape index (κ2) is 6.42. The number of hydrogen-bond acceptors (Lipinski definition) is 4. The van der Waals surface area contributed by atoms with E-state index in [1.165, 1.54) is 12.8 Å². The monoisotopic (exact) mass is 311 g/mol. The average molecular weight is 311 g/mol. The van der Waals surface area contributed by atoms with E-state index in [4.69, 9.17) is 0 Å². The van der Waals surface area contributed by atoms with Gasteiger partial charge in [0.15, 0.2) is 5.03 Å². The van der Waals surface area contributed by atoms with Gasteiger partial charge in [-0.05, 0) is 36.3 Å². The van der Waals surface area contributed by atoms with Crippen LogP contribution in [0.4, 0.5) is 0 Å². The van der Waals surface area contributed by atoms with Gasteiger partial charge in [-0.3, -0.25) is 0 Å². The molecule has 1 aliphatic rings. The summed E-state index contributed by atoms with van der Waals surface area (Å²) in [7, 11) is -3.50. The van der Waals surface area contributed by atoms with Gasteiger partial charge in [0.1, 0.15) is 0 Å². The van der Waals surface area contributed by atoms with Crippen LogP contribution in [0.15, 0.2) is 23.4 Å². The zero-order chi connectivity index (χ0) is 15.5. The fourth-order valence-corrected chi connectivity index (χ4v) is 2.82. The normalized spacial score (nSPS) is 16.1. The second-order valence-corrected chi connectivity index (χ2v) is 8.58. The van der Waals surface area contributed by atoms with Crippen molar-refractivity contribution in [3.63, 3.8) is 0 Å². The molecule has 0 spiro atoms. The van der Waals surface area contributed by atoms with Crippen molar-refractivity contribution in [2.24, 2.45) is 5.41 Å². The Labute approximate surface area is 127 Å². The molecule has 2 N–H and O–H groups in total. The first-order valence-corrected chi connectivity index (χ1v) is 8.93. The molecule has 1 heterocycles. The maximum Gasteiger partial charge on any atom is 0.258 e. The minimum absolute atomic E-state index is 0.0894. The van der Waals surface area contributed by atoms with E-state index in [9.17, 15) is 8.42 Å². The van der Waals surface area contributed by atoms with Gasteiger partial charge in [0.25, 0.3) is 10.0 Å². The highest BCUT2D eigenvalue weighted by Gasteiger charge is 2.20. The smallest absolute Gasteiger partial charge is 0.258 e. The molecule has 1 aliphatic carbocycles. The quantitative estimate of drug-likeness (QED) is 0.808. The van der Waals surface area contributed by atoms with Gasteiger partial charge in [-0.2, -0.15) is 0 Å². The van der Waals surface area contributed by atoms with Gasteiger partial charge >= 0.3 is 0 Å². The number of nitrogens with zero attached hydrogens (tertiary/aromatic N) is 1. The van der Waals surface area contributed by atoms with E-state index in [1.807, 2.05) is 6.07 Å². The van der Waals surface area contributed by atoms with Gasteiger partial charge in [-0.15, -0.1) is 0 Å². The highest BCUT2D eigenvalue weighted by molar-refractivity contribution is 7.89. The minimum Gasteiger partial charge on any atom is -0.310 e. The number of sulfonamides is 1. The van der Waals surface area contributed by atoms with Crippen molar-refractivity contribution in [1.29, 1.82) is 0 Å². The lowest BCUT2D eigenvalue weighted by molar-refractivity contribution is 0.378. The van der Waals surface area contributed by atoms with Crippen molar-refractivity contribution < 1.29 is 8.42 Å². The first-order chi connectivity index (χ1) is 9.76. The second-order valence-electron chi connectivity index (χ2n) is 6.87. The predicted octanol–water partition coefficient (Wildman–Crippen LogP) is 2.05. The topological polar surface area (TPSA) is 71.1 Å². The highest BCUT2D eigenvalue weighted by atomic mass is 32.2. The van der Waals surface area contributed by atoms with E-state index in [0.29, 0.717) is 12.6 Å². The van der Waals surface area contributed by atoms with Gasteiger partial charge in [0.05, 0.1) is 0 Å². The summed E-state index contributed by atoms with van der Waals surface area (Å²) in [6.07, 6.45) is 4.89. The van der Waals surface area contributed by atoms with Crippen LogP contribution in [0.2, 0.25) is 0 Å². The third kappa shape index (κ3) is 5.73. The summed E-state index contributed by atoms with van der Waals surface area (Å²) < 4.78 is 26.8. The van der Waals surface area contributed by atoms with E-state index < -0.39 is 10.0 Å². The zero-order valence-electron chi connectivity index (χ0n) is 13.0. The summed E-state index contributed by atoms with van der Waals surface area (Å²) in [6.45, 7) is 7.43. The molecule has 2 rings (SSSR count). The number of hydrogen-bond donors (Lipinski definition) is 2. The summed E-state index contributed by atoms with van der Waals surface area (Å²) in [5, 5.41) is 3.47. The van der Waals surface area contributed by atoms with Crippen LogP contribution >= 0.6 is 0 Å². The fourth-order valence-electron chi connectivity index (χ4n) is 1.86. The minimum atomic E-state index is -3.50. The van der Waals surface area contributed by atoms with Gasteiger partial charge in [-0.25, -0.2) is 18.1 Å². The molecule has 118 valence electrons. The van der Waals surface area contributed by atoms with Crippen LogP contribution < -0.4 is 10.0 Å². The molecule has 0 aromatic carbocycles. The SMILES string of the molecule is CC(C)(C)CCNS(=O)(=O)c1ccc(CNC2CC2)cn1. The van der Waals surface area contributed by atoms with Gasteiger partial charge < -0.3 is 5.32 Å². The Morgan fingerprint density at radius 3 is 2.52 bits per heavy atom. The molecule has 21 heavy (non-hydrogen) atoms. The van der Waals surface area contributed by atoms with Crippen molar-refractivity contribution in [2.45, 2.75) is 57.6 Å². The molecule has 1 aromatic rings. The van der Waals surface area contributed by atoms with Crippen LogP contribution in [-0.4, -0.2) is 26.0 Å². The van der Waals surface area contributed by atoms with Crippen LogP contribution in [0.5, 0.6) is 0 Å². The van der Waals surface area contributed by atoms with Crippen LogP contribution in [0.1, 0.15) is 45.6 Å². The summed E-state index contributed by atoms with van der Waals surface area (Å²) in [5.74, 6) is 0. The summed E-state index contributed by atoms with van der Waals surface area (Å²) in [6, 6.07) is 4.02. The van der Waals surface area contributed by atoms with E-state index in [2.05, 4.69) is 35.8 Å². The van der Waals surface area contributed by atoms with E-state index in [1.54, 1.807) is 12.3 Å². The molecular weight excluding hydrogens is 286 g/mol. The molecule has 0 atom stereocenters. The lowest BCUT2D eigenvalue weighted by Crippen LogP contribution is -2.28. The van der Waals surface area contributed by atoms with Crippen LogP contribution in [-0.2, 0) is 16.6 Å². The highest BCUT2D eigenvalue weighted by Crippen LogP contribution is 2.19. The van der Waals surface area contributed by atoms with Crippen molar-refractivity contribution >= 4 is 10.0 Å². The molecule has 0 aliphatic heterocycles. The molecule has 1 aromatic heterocycles. The Hall–Kier alpha value is -0.980. The Morgan fingerprint density at radius 2 is 2.00 bits per heavy atom. The first-order valence-electron chi connectivity index (χ1n) is 7.44. The third-order valence-electron chi connectivity index (χ3n) is 3.41. The summed E-state index contributed by atoms with van der Waals surface area (Å²) in [4.78, 5) is 4.07. The molecule has 1 saturated carbocycles. The molecule has 0 saturated heterocycles. The zero-order valence-corrected chi connectivity index (χ0v) is 13.8. The Kier molecular flexibility index (Phi) is 5.01. The standard InChI is InChI=1S/C15H25N3O2S/c1-15(2,3)8-9-18-21(19,20)14-7-4-12(11-17-14)10-16-13-5-6-13/h4,7,11,13,16,18H,5-6,8-10H2,1-3H3. The van der Waals surface area contributed by atoms with Crippen LogP contribution in [0, 0.1) is 5.41 Å². The number of aromatic nitrogens is 1. The molecular formula is C15H25N3O2S. The van der Waals surface area contributed by atoms with E-state index in [0.717, 1.165) is 18.5 Å². The van der Waals surface area contributed by atoms with Crippen molar-refractivity contribution in [3.05, 3.63) is 23.9 Å². The molecule has 5 nitrogen and oxygen atoms in total. The predicted molar refractivity (Wildman–Crippen MR) is 83.4 cm³/mol. The molecule has 0 amide bonds. The lowest BCUT2D eigenvalue weighted by Gasteiger charge is -2.17. The van der Waals surface area contributed by atoms with Crippen LogP contribution in [0.3, 0.4) is 0 Å². The lowest BCUT2D eigenvalue weighted by atomic mass is 9.93. The van der Waals surface area contributed by atoms with Crippen LogP contribution in [0.25, 0.3) is 0 Å². The average Bonchev–Trinajstić information content (AvgIpc) is 3.19. The fraction of sp³-hybridized carbons (Fsp3) is 0.667. The van der Waals surface area contributed by atoms with Gasteiger partial charge in [-0.1, -0.05) is 26.8 Å². The first kappa shape index (κ1) is 16.4. The van der Waals surface area contributed by atoms with Crippen molar-refractivity contribution in [2.75, 3.05) is 6.54 Å². The maximum atomic E-state index is 12.1. The number of rotatable bonds is 7. The van der Waals surface area contributed by atoms with Crippen molar-refractivity contribution in [1.82, 2.24) is 15.0 Å². The molecule has 0 unspecified atom stereocenters. The Morgan fingerprint density at radius 1 is 1.29 bits per heavy atom. The largest absolute Gasteiger partial charge is 0.310 e. The third-order valence-corrected chi connectivity index (χ3v) is 4.79. The maximum absolute atomic E-state index is 12.1. The van der Waals surface area contributed by atoms with Crippen molar-refractivity contribution in [3.8, 4) is 0 Å². The Balaban J connectivity index is 1.89. The number of pyridine rings is 1. The number of nitrogens with one attached hydrogen (secondary N) is 2. The molecule has 0 bridgehead atoms. The van der Waals surface area contributed by atoms with Gasteiger partial charge in [0, 0.05) is 25.3 Å². The van der Waals surface area contributed by atoms with E-state index in [-0.39, 0.29) is 10.4 Å².